The van der Waals surface area contributed by atoms with Crippen molar-refractivity contribution >= 4 is 10.0 Å². The summed E-state index contributed by atoms with van der Waals surface area (Å²) in [6.45, 7) is 3.98. The summed E-state index contributed by atoms with van der Waals surface area (Å²) in [6.07, 6.45) is 0. The van der Waals surface area contributed by atoms with E-state index in [0.29, 0.717) is 0 Å². The van der Waals surface area contributed by atoms with Gasteiger partial charge in [-0.25, -0.2) is 19.0 Å². The van der Waals surface area contributed by atoms with Crippen molar-refractivity contribution in [2.24, 2.45) is 5.90 Å². The van der Waals surface area contributed by atoms with Crippen LogP contribution in [0.15, 0.2) is 23.1 Å². The molecule has 0 unspecified atom stereocenters. The Kier molecular flexibility index (Phi) is 4.43. The Balaban J connectivity index is 2.90. The minimum atomic E-state index is -3.47. The predicted octanol–water partition coefficient (Wildman–Crippen LogP) is 0.472. The van der Waals surface area contributed by atoms with E-state index in [1.54, 1.807) is 19.1 Å². The van der Waals surface area contributed by atoms with Crippen molar-refractivity contribution in [1.82, 2.24) is 4.72 Å². The van der Waals surface area contributed by atoms with E-state index in [1.165, 1.54) is 0 Å². The SMILES string of the molecule is Cc1ccc(S(=O)(=O)NCCON)c(C)c1. The van der Waals surface area contributed by atoms with E-state index in [4.69, 9.17) is 5.90 Å². The lowest BCUT2D eigenvalue weighted by Gasteiger charge is -2.09. The Hall–Kier alpha value is -0.950. The lowest BCUT2D eigenvalue weighted by atomic mass is 10.2. The van der Waals surface area contributed by atoms with Crippen LogP contribution in [-0.2, 0) is 14.9 Å². The first-order valence-electron chi connectivity index (χ1n) is 4.86. The summed E-state index contributed by atoms with van der Waals surface area (Å²) in [5.41, 5.74) is 1.75. The zero-order chi connectivity index (χ0) is 12.2. The topological polar surface area (TPSA) is 81.4 Å². The predicted molar refractivity (Wildman–Crippen MR) is 61.2 cm³/mol. The smallest absolute Gasteiger partial charge is 0.240 e. The fraction of sp³-hybridized carbons (Fsp3) is 0.400. The summed E-state index contributed by atoms with van der Waals surface area (Å²) >= 11 is 0. The van der Waals surface area contributed by atoms with Crippen molar-refractivity contribution in [2.45, 2.75) is 18.7 Å². The Labute approximate surface area is 95.6 Å². The third kappa shape index (κ3) is 3.28. The van der Waals surface area contributed by atoms with Crippen molar-refractivity contribution in [3.63, 3.8) is 0 Å². The third-order valence-electron chi connectivity index (χ3n) is 2.13. The molecule has 0 bridgehead atoms. The molecule has 0 fully saturated rings. The summed E-state index contributed by atoms with van der Waals surface area (Å²) in [5, 5.41) is 0. The molecule has 0 saturated heterocycles. The molecule has 0 spiro atoms. The van der Waals surface area contributed by atoms with Crippen LogP contribution in [0.2, 0.25) is 0 Å². The maximum Gasteiger partial charge on any atom is 0.240 e. The lowest BCUT2D eigenvalue weighted by molar-refractivity contribution is 0.143. The van der Waals surface area contributed by atoms with Gasteiger partial charge in [-0.3, -0.25) is 0 Å². The van der Waals surface area contributed by atoms with Gasteiger partial charge >= 0.3 is 0 Å². The molecule has 1 rings (SSSR count). The number of hydrogen-bond donors (Lipinski definition) is 2. The van der Waals surface area contributed by atoms with E-state index in [2.05, 4.69) is 9.56 Å². The molecule has 0 aliphatic carbocycles. The molecule has 3 N–H and O–H groups in total. The molecule has 0 aliphatic heterocycles. The summed E-state index contributed by atoms with van der Waals surface area (Å²) in [4.78, 5) is 4.58. The van der Waals surface area contributed by atoms with Gasteiger partial charge in [-0.05, 0) is 25.5 Å². The summed E-state index contributed by atoms with van der Waals surface area (Å²) in [7, 11) is -3.47. The molecule has 0 aromatic heterocycles. The Morgan fingerprint density at radius 3 is 2.62 bits per heavy atom. The van der Waals surface area contributed by atoms with E-state index >= 15 is 0 Å². The molecular formula is C10H16N2O3S. The zero-order valence-electron chi connectivity index (χ0n) is 9.36. The van der Waals surface area contributed by atoms with Crippen LogP contribution in [0.25, 0.3) is 0 Å². The van der Waals surface area contributed by atoms with Gasteiger partial charge in [-0.1, -0.05) is 17.7 Å². The van der Waals surface area contributed by atoms with E-state index < -0.39 is 10.0 Å². The molecule has 16 heavy (non-hydrogen) atoms. The summed E-state index contributed by atoms with van der Waals surface area (Å²) < 4.78 is 26.1. The highest BCUT2D eigenvalue weighted by molar-refractivity contribution is 7.89. The van der Waals surface area contributed by atoms with Gasteiger partial charge in [0.05, 0.1) is 11.5 Å². The van der Waals surface area contributed by atoms with Crippen LogP contribution in [0.1, 0.15) is 11.1 Å². The van der Waals surface area contributed by atoms with Gasteiger partial charge in [0.1, 0.15) is 0 Å². The minimum Gasteiger partial charge on any atom is -0.303 e. The average molecular weight is 244 g/mol. The van der Waals surface area contributed by atoms with Gasteiger partial charge in [0.2, 0.25) is 10.0 Å². The molecule has 0 atom stereocenters. The van der Waals surface area contributed by atoms with Crippen LogP contribution in [0.3, 0.4) is 0 Å². The second kappa shape index (κ2) is 5.40. The molecule has 1 aromatic rings. The van der Waals surface area contributed by atoms with Gasteiger partial charge in [0, 0.05) is 6.54 Å². The second-order valence-corrected chi connectivity index (χ2v) is 5.27. The van der Waals surface area contributed by atoms with Gasteiger partial charge < -0.3 is 4.84 Å². The first-order valence-corrected chi connectivity index (χ1v) is 6.34. The molecule has 6 heteroatoms. The molecule has 0 saturated carbocycles. The number of nitrogens with two attached hydrogens (primary N) is 1. The fourth-order valence-electron chi connectivity index (χ4n) is 1.41. The summed E-state index contributed by atoms with van der Waals surface area (Å²) in [5.74, 6) is 4.81. The highest BCUT2D eigenvalue weighted by Gasteiger charge is 2.15. The quantitative estimate of drug-likeness (QED) is 0.583. The number of nitrogens with one attached hydrogen (secondary N) is 1. The number of hydrogen-bond acceptors (Lipinski definition) is 4. The van der Waals surface area contributed by atoms with E-state index in [-0.39, 0.29) is 18.0 Å². The molecule has 0 aliphatic rings. The maximum absolute atomic E-state index is 11.8. The monoisotopic (exact) mass is 244 g/mol. The Bertz CT molecular complexity index is 457. The van der Waals surface area contributed by atoms with Crippen LogP contribution in [-0.4, -0.2) is 21.6 Å². The Morgan fingerprint density at radius 1 is 1.38 bits per heavy atom. The number of benzene rings is 1. The number of rotatable bonds is 5. The second-order valence-electron chi connectivity index (χ2n) is 3.54. The van der Waals surface area contributed by atoms with E-state index in [1.807, 2.05) is 13.0 Å². The van der Waals surface area contributed by atoms with Crippen molar-refractivity contribution in [1.29, 1.82) is 0 Å². The zero-order valence-corrected chi connectivity index (χ0v) is 10.2. The van der Waals surface area contributed by atoms with E-state index in [0.717, 1.165) is 11.1 Å². The van der Waals surface area contributed by atoms with Crippen molar-refractivity contribution in [2.75, 3.05) is 13.2 Å². The van der Waals surface area contributed by atoms with Crippen molar-refractivity contribution in [3.05, 3.63) is 29.3 Å². The first kappa shape index (κ1) is 13.1. The van der Waals surface area contributed by atoms with Crippen molar-refractivity contribution in [3.8, 4) is 0 Å². The molecule has 1 aromatic carbocycles. The maximum atomic E-state index is 11.8. The molecule has 0 heterocycles. The lowest BCUT2D eigenvalue weighted by Crippen LogP contribution is -2.28. The van der Waals surface area contributed by atoms with Gasteiger partial charge in [-0.2, -0.15) is 0 Å². The molecule has 90 valence electrons. The fourth-order valence-corrected chi connectivity index (χ4v) is 2.65. The van der Waals surface area contributed by atoms with Crippen LogP contribution in [0.4, 0.5) is 0 Å². The normalized spacial score (nSPS) is 11.7. The van der Waals surface area contributed by atoms with Gasteiger partial charge in [-0.15, -0.1) is 0 Å². The highest BCUT2D eigenvalue weighted by Crippen LogP contribution is 2.15. The number of aryl methyl sites for hydroxylation is 2. The van der Waals surface area contributed by atoms with Gasteiger partial charge in [0.15, 0.2) is 0 Å². The molecular weight excluding hydrogens is 228 g/mol. The van der Waals surface area contributed by atoms with Crippen LogP contribution >= 0.6 is 0 Å². The first-order chi connectivity index (χ1) is 7.47. The Morgan fingerprint density at radius 2 is 2.06 bits per heavy atom. The average Bonchev–Trinajstić information content (AvgIpc) is 2.17. The van der Waals surface area contributed by atoms with Crippen LogP contribution < -0.4 is 10.6 Å². The molecule has 0 radical (unpaired) electrons. The van der Waals surface area contributed by atoms with Crippen LogP contribution in [0, 0.1) is 13.8 Å². The number of sulfonamides is 1. The highest BCUT2D eigenvalue weighted by atomic mass is 32.2. The minimum absolute atomic E-state index is 0.143. The third-order valence-corrected chi connectivity index (χ3v) is 3.75. The largest absolute Gasteiger partial charge is 0.303 e. The van der Waals surface area contributed by atoms with Crippen LogP contribution in [0.5, 0.6) is 0 Å². The van der Waals surface area contributed by atoms with Crippen molar-refractivity contribution < 1.29 is 13.3 Å². The van der Waals surface area contributed by atoms with E-state index in [9.17, 15) is 8.42 Å². The molecule has 5 nitrogen and oxygen atoms in total. The standard InChI is InChI=1S/C10H16N2O3S/c1-8-3-4-10(9(2)7-8)16(13,14)12-5-6-15-11/h3-4,7,12H,5-6,11H2,1-2H3. The van der Waals surface area contributed by atoms with Gasteiger partial charge in [0.25, 0.3) is 0 Å². The molecule has 0 amide bonds. The summed E-state index contributed by atoms with van der Waals surface area (Å²) in [6, 6.07) is 5.19.